The summed E-state index contributed by atoms with van der Waals surface area (Å²) in [5, 5.41) is 4.55. The van der Waals surface area contributed by atoms with E-state index < -0.39 is 11.9 Å². The number of carbonyl (C=O) groups excluding carboxylic acids is 2. The summed E-state index contributed by atoms with van der Waals surface area (Å²) in [5.41, 5.74) is 5.29. The van der Waals surface area contributed by atoms with Crippen LogP contribution < -0.4 is 19.6 Å². The quantitative estimate of drug-likeness (QED) is 0.155. The number of nitrogens with zero attached hydrogens (tertiary/aromatic N) is 1. The third-order valence-electron chi connectivity index (χ3n) is 5.09. The summed E-state index contributed by atoms with van der Waals surface area (Å²) in [4.78, 5) is 24.7. The Kier molecular flexibility index (Phi) is 9.33. The molecule has 0 fully saturated rings. The van der Waals surface area contributed by atoms with E-state index in [0.717, 1.165) is 11.1 Å². The van der Waals surface area contributed by atoms with Gasteiger partial charge in [0.05, 0.1) is 23.9 Å². The highest BCUT2D eigenvalue weighted by Crippen LogP contribution is 2.30. The van der Waals surface area contributed by atoms with E-state index in [9.17, 15) is 9.59 Å². The molecule has 9 heteroatoms. The van der Waals surface area contributed by atoms with Crippen LogP contribution in [0, 0.1) is 6.92 Å². The van der Waals surface area contributed by atoms with Gasteiger partial charge in [-0.15, -0.1) is 0 Å². The Balaban J connectivity index is 1.60. The number of ether oxygens (including phenoxy) is 3. The van der Waals surface area contributed by atoms with Gasteiger partial charge in [0.2, 0.25) is 0 Å². The van der Waals surface area contributed by atoms with Crippen molar-refractivity contribution in [2.45, 2.75) is 26.7 Å². The van der Waals surface area contributed by atoms with E-state index in [4.69, 9.17) is 37.4 Å². The van der Waals surface area contributed by atoms with Gasteiger partial charge in [0.1, 0.15) is 5.75 Å². The summed E-state index contributed by atoms with van der Waals surface area (Å²) in [6.45, 7) is 5.92. The summed E-state index contributed by atoms with van der Waals surface area (Å²) < 4.78 is 16.5. The van der Waals surface area contributed by atoms with Gasteiger partial charge in [-0.05, 0) is 72.0 Å². The van der Waals surface area contributed by atoms with Crippen LogP contribution in [0.2, 0.25) is 10.0 Å². The van der Waals surface area contributed by atoms with Crippen LogP contribution in [0.5, 0.6) is 17.2 Å². The first-order valence-electron chi connectivity index (χ1n) is 11.1. The lowest BCUT2D eigenvalue weighted by atomic mass is 10.0. The van der Waals surface area contributed by atoms with E-state index in [1.54, 1.807) is 24.3 Å². The Morgan fingerprint density at radius 3 is 2.47 bits per heavy atom. The molecule has 3 aromatic carbocycles. The Labute approximate surface area is 220 Å². The van der Waals surface area contributed by atoms with Crippen molar-refractivity contribution < 1.29 is 23.8 Å². The number of amides is 1. The molecule has 0 bridgehead atoms. The minimum Gasteiger partial charge on any atom is -0.493 e. The molecular weight excluding hydrogens is 503 g/mol. The lowest BCUT2D eigenvalue weighted by molar-refractivity contribution is -0.123. The molecule has 0 radical (unpaired) electrons. The maximum Gasteiger partial charge on any atom is 0.345 e. The van der Waals surface area contributed by atoms with Crippen LogP contribution in [0.4, 0.5) is 0 Å². The predicted octanol–water partition coefficient (Wildman–Crippen LogP) is 6.18. The second-order valence-corrected chi connectivity index (χ2v) is 9.05. The van der Waals surface area contributed by atoms with Gasteiger partial charge in [-0.25, -0.2) is 10.2 Å². The number of halogens is 2. The zero-order valence-corrected chi connectivity index (χ0v) is 21.8. The monoisotopic (exact) mass is 528 g/mol. The van der Waals surface area contributed by atoms with Gasteiger partial charge in [0.25, 0.3) is 5.91 Å². The zero-order valence-electron chi connectivity index (χ0n) is 20.3. The van der Waals surface area contributed by atoms with E-state index >= 15 is 0 Å². The van der Waals surface area contributed by atoms with E-state index in [0.29, 0.717) is 22.1 Å². The van der Waals surface area contributed by atoms with Crippen molar-refractivity contribution in [3.05, 3.63) is 86.9 Å². The highest BCUT2D eigenvalue weighted by Gasteiger charge is 2.16. The second-order valence-electron chi connectivity index (χ2n) is 8.20. The highest BCUT2D eigenvalue weighted by molar-refractivity contribution is 6.36. The third-order valence-corrected chi connectivity index (χ3v) is 5.64. The van der Waals surface area contributed by atoms with Gasteiger partial charge in [0, 0.05) is 5.02 Å². The van der Waals surface area contributed by atoms with Crippen molar-refractivity contribution in [3.63, 3.8) is 0 Å². The molecular formula is C27H26Cl2N2O5. The molecule has 0 saturated heterocycles. The number of nitrogens with one attached hydrogen (secondary N) is 1. The maximum absolute atomic E-state index is 12.5. The van der Waals surface area contributed by atoms with Gasteiger partial charge in [-0.2, -0.15) is 5.10 Å². The number of hydrogen-bond acceptors (Lipinski definition) is 6. The van der Waals surface area contributed by atoms with E-state index in [1.807, 2.05) is 25.1 Å². The number of carbonyl (C=O) groups is 2. The number of hydrazone groups is 1. The Morgan fingerprint density at radius 2 is 1.78 bits per heavy atom. The number of esters is 1. The number of aryl methyl sites for hydroxylation is 1. The van der Waals surface area contributed by atoms with Crippen LogP contribution in [0.1, 0.15) is 46.8 Å². The minimum atomic E-state index is -0.655. The zero-order chi connectivity index (χ0) is 26.2. The fraction of sp³-hybridized carbons (Fsp3) is 0.222. The molecule has 1 amide bonds. The van der Waals surface area contributed by atoms with Crippen molar-refractivity contribution in [1.29, 1.82) is 0 Å². The Bertz CT molecular complexity index is 1290. The lowest BCUT2D eigenvalue weighted by Gasteiger charge is -2.14. The fourth-order valence-electron chi connectivity index (χ4n) is 3.26. The third kappa shape index (κ3) is 7.23. The Hall–Kier alpha value is -3.55. The van der Waals surface area contributed by atoms with Gasteiger partial charge in [-0.3, -0.25) is 4.79 Å². The molecule has 3 aromatic rings. The van der Waals surface area contributed by atoms with Gasteiger partial charge < -0.3 is 14.2 Å². The smallest absolute Gasteiger partial charge is 0.345 e. The van der Waals surface area contributed by atoms with E-state index in [1.165, 1.54) is 25.5 Å². The molecule has 0 aliphatic heterocycles. The lowest BCUT2D eigenvalue weighted by Crippen LogP contribution is -2.25. The Morgan fingerprint density at radius 1 is 1.00 bits per heavy atom. The topological polar surface area (TPSA) is 86.2 Å². The molecule has 188 valence electrons. The molecule has 0 aliphatic rings. The predicted molar refractivity (Wildman–Crippen MR) is 141 cm³/mol. The van der Waals surface area contributed by atoms with Crippen molar-refractivity contribution in [1.82, 2.24) is 5.43 Å². The minimum absolute atomic E-state index is 0.171. The molecule has 0 saturated carbocycles. The second kappa shape index (κ2) is 12.4. The molecule has 1 N–H and O–H groups in total. The molecule has 0 heterocycles. The number of benzene rings is 3. The van der Waals surface area contributed by atoms with Gasteiger partial charge >= 0.3 is 5.97 Å². The van der Waals surface area contributed by atoms with Crippen molar-refractivity contribution >= 4 is 41.3 Å². The molecule has 0 spiro atoms. The highest BCUT2D eigenvalue weighted by atomic mass is 35.5. The van der Waals surface area contributed by atoms with Crippen LogP contribution in [0.3, 0.4) is 0 Å². The number of hydrogen-bond donors (Lipinski definition) is 1. The van der Waals surface area contributed by atoms with Crippen molar-refractivity contribution in [3.8, 4) is 17.2 Å². The molecule has 0 unspecified atom stereocenters. The standard InChI is InChI=1S/C27H26Cl2N2O5/c1-16(2)20-8-5-17(3)11-24(20)35-15-26(32)31-30-14-18-6-10-23(25(12-18)34-4)36-27(33)21-9-7-19(28)13-22(21)29/h5-14,16H,15H2,1-4H3,(H,31,32)/b30-14+. The molecule has 0 aliphatic carbocycles. The fourth-order valence-corrected chi connectivity index (χ4v) is 3.74. The number of methoxy groups -OCH3 is 1. The maximum atomic E-state index is 12.5. The van der Waals surface area contributed by atoms with Crippen LogP contribution in [0.25, 0.3) is 0 Å². The molecule has 0 aromatic heterocycles. The van der Waals surface area contributed by atoms with Crippen LogP contribution >= 0.6 is 23.2 Å². The SMILES string of the molecule is COc1cc(/C=N/NC(=O)COc2cc(C)ccc2C(C)C)ccc1OC(=O)c1ccc(Cl)cc1Cl. The summed E-state index contributed by atoms with van der Waals surface area (Å²) in [7, 11) is 1.44. The first-order valence-corrected chi connectivity index (χ1v) is 11.8. The van der Waals surface area contributed by atoms with Crippen LogP contribution in [0.15, 0.2) is 59.7 Å². The van der Waals surface area contributed by atoms with Gasteiger partial charge in [0.15, 0.2) is 18.1 Å². The average molecular weight is 529 g/mol. The molecule has 7 nitrogen and oxygen atoms in total. The largest absolute Gasteiger partial charge is 0.493 e. The molecule has 36 heavy (non-hydrogen) atoms. The van der Waals surface area contributed by atoms with Crippen molar-refractivity contribution in [2.75, 3.05) is 13.7 Å². The molecule has 3 rings (SSSR count). The number of rotatable bonds is 9. The van der Waals surface area contributed by atoms with Crippen molar-refractivity contribution in [2.24, 2.45) is 5.10 Å². The first kappa shape index (κ1) is 27.0. The average Bonchev–Trinajstić information content (AvgIpc) is 2.83. The summed E-state index contributed by atoms with van der Waals surface area (Å²) >= 11 is 12.0. The molecule has 0 atom stereocenters. The van der Waals surface area contributed by atoms with Gasteiger partial charge in [-0.1, -0.05) is 49.2 Å². The van der Waals surface area contributed by atoms with E-state index in [-0.39, 0.29) is 28.9 Å². The summed E-state index contributed by atoms with van der Waals surface area (Å²) in [6.07, 6.45) is 1.44. The van der Waals surface area contributed by atoms with E-state index in [2.05, 4.69) is 24.4 Å². The first-order chi connectivity index (χ1) is 17.2. The van der Waals surface area contributed by atoms with Crippen LogP contribution in [-0.4, -0.2) is 31.8 Å². The summed E-state index contributed by atoms with van der Waals surface area (Å²) in [5.74, 6) is 0.383. The van der Waals surface area contributed by atoms with Crippen LogP contribution in [-0.2, 0) is 4.79 Å². The normalized spacial score (nSPS) is 11.0. The summed E-state index contributed by atoms with van der Waals surface area (Å²) in [6, 6.07) is 15.2.